The van der Waals surface area contributed by atoms with Crippen molar-refractivity contribution in [2.45, 2.75) is 17.5 Å². The molecule has 0 atom stereocenters. The highest BCUT2D eigenvalue weighted by atomic mass is 32.2. The highest BCUT2D eigenvalue weighted by Crippen LogP contribution is 2.25. The molecular weight excluding hydrogens is 366 g/mol. The van der Waals surface area contributed by atoms with Crippen LogP contribution in [0.15, 0.2) is 58.3 Å². The molecule has 0 amide bonds. The number of nitrogens with zero attached hydrogens (tertiary/aromatic N) is 4. The normalized spacial score (nSPS) is 11.2. The number of aromatic nitrogens is 4. The van der Waals surface area contributed by atoms with Gasteiger partial charge in [0.1, 0.15) is 16.3 Å². The zero-order chi connectivity index (χ0) is 18.1. The Morgan fingerprint density at radius 1 is 1.19 bits per heavy atom. The van der Waals surface area contributed by atoms with Crippen LogP contribution in [0.3, 0.4) is 0 Å². The van der Waals surface area contributed by atoms with Crippen LogP contribution in [0, 0.1) is 0 Å². The second kappa shape index (κ2) is 6.89. The number of fused-ring (bicyclic) bond motifs is 2. The van der Waals surface area contributed by atoms with Crippen molar-refractivity contribution >= 4 is 50.0 Å². The summed E-state index contributed by atoms with van der Waals surface area (Å²) in [7, 11) is 0. The lowest BCUT2D eigenvalue weighted by Crippen LogP contribution is -2.21. The number of thiophene rings is 1. The van der Waals surface area contributed by atoms with Gasteiger partial charge in [-0.2, -0.15) is 0 Å². The largest absolute Gasteiger partial charge is 0.383 e. The molecule has 26 heavy (non-hydrogen) atoms. The van der Waals surface area contributed by atoms with Gasteiger partial charge in [-0.25, -0.2) is 15.0 Å². The third-order valence-corrected chi connectivity index (χ3v) is 5.72. The number of hydrogen-bond donors (Lipinski definition) is 1. The van der Waals surface area contributed by atoms with Crippen molar-refractivity contribution in [1.29, 1.82) is 0 Å². The Bertz CT molecular complexity index is 1180. The van der Waals surface area contributed by atoms with E-state index >= 15 is 0 Å². The molecule has 0 aliphatic heterocycles. The fourth-order valence-corrected chi connectivity index (χ4v) is 4.31. The van der Waals surface area contributed by atoms with Gasteiger partial charge in [-0.05, 0) is 23.6 Å². The van der Waals surface area contributed by atoms with Crippen LogP contribution in [0.25, 0.3) is 21.1 Å². The molecule has 8 heteroatoms. The SMILES string of the molecule is C=CCn1c(SCc2nc(N)c3ccccc3n2)nc2ccsc2c1=O. The molecule has 1 aromatic carbocycles. The van der Waals surface area contributed by atoms with Crippen LogP contribution in [-0.2, 0) is 12.3 Å². The van der Waals surface area contributed by atoms with Crippen molar-refractivity contribution in [2.24, 2.45) is 0 Å². The van der Waals surface area contributed by atoms with E-state index in [0.717, 1.165) is 10.9 Å². The third-order valence-electron chi connectivity index (χ3n) is 3.85. The fraction of sp³-hybridized carbons (Fsp3) is 0.111. The van der Waals surface area contributed by atoms with E-state index in [2.05, 4.69) is 21.5 Å². The first-order chi connectivity index (χ1) is 12.7. The maximum atomic E-state index is 12.7. The molecule has 0 unspecified atom stereocenters. The molecule has 0 saturated heterocycles. The first-order valence-electron chi connectivity index (χ1n) is 7.90. The monoisotopic (exact) mass is 381 g/mol. The number of anilines is 1. The van der Waals surface area contributed by atoms with Crippen molar-refractivity contribution in [3.63, 3.8) is 0 Å². The van der Waals surface area contributed by atoms with Gasteiger partial charge in [0, 0.05) is 11.9 Å². The van der Waals surface area contributed by atoms with Gasteiger partial charge in [0.05, 0.1) is 16.8 Å². The second-order valence-electron chi connectivity index (χ2n) is 5.56. The number of allylic oxidation sites excluding steroid dienone is 1. The zero-order valence-electron chi connectivity index (χ0n) is 13.8. The smallest absolute Gasteiger partial charge is 0.272 e. The summed E-state index contributed by atoms with van der Waals surface area (Å²) in [6.45, 7) is 4.14. The number of rotatable bonds is 5. The van der Waals surface area contributed by atoms with Gasteiger partial charge < -0.3 is 5.73 Å². The van der Waals surface area contributed by atoms with E-state index in [1.165, 1.54) is 23.1 Å². The summed E-state index contributed by atoms with van der Waals surface area (Å²) in [5.74, 6) is 1.53. The standard InChI is InChI=1S/C18H15N5OS2/c1-2-8-23-17(24)15-13(7-9-25-15)21-18(23)26-10-14-20-12-6-4-3-5-11(12)16(19)22-14/h2-7,9H,1,8,10H2,(H2,19,20,22). The molecule has 0 radical (unpaired) electrons. The maximum absolute atomic E-state index is 12.7. The fourth-order valence-electron chi connectivity index (χ4n) is 2.67. The number of thioether (sulfide) groups is 1. The zero-order valence-corrected chi connectivity index (χ0v) is 15.4. The van der Waals surface area contributed by atoms with Gasteiger partial charge in [-0.1, -0.05) is 30.0 Å². The van der Waals surface area contributed by atoms with Gasteiger partial charge in [-0.3, -0.25) is 9.36 Å². The lowest BCUT2D eigenvalue weighted by Gasteiger charge is -2.10. The van der Waals surface area contributed by atoms with Gasteiger partial charge in [0.2, 0.25) is 0 Å². The molecule has 6 nitrogen and oxygen atoms in total. The van der Waals surface area contributed by atoms with E-state index in [-0.39, 0.29) is 5.56 Å². The minimum atomic E-state index is -0.0497. The maximum Gasteiger partial charge on any atom is 0.272 e. The summed E-state index contributed by atoms with van der Waals surface area (Å²) in [6, 6.07) is 9.48. The minimum absolute atomic E-state index is 0.0497. The summed E-state index contributed by atoms with van der Waals surface area (Å²) in [5.41, 5.74) is 7.51. The molecule has 4 rings (SSSR count). The Morgan fingerprint density at radius 2 is 2.04 bits per heavy atom. The molecule has 3 aromatic heterocycles. The number of hydrogen-bond acceptors (Lipinski definition) is 7. The predicted molar refractivity (Wildman–Crippen MR) is 108 cm³/mol. The molecule has 130 valence electrons. The summed E-state index contributed by atoms with van der Waals surface area (Å²) in [4.78, 5) is 26.2. The number of benzene rings is 1. The third kappa shape index (κ3) is 2.97. The van der Waals surface area contributed by atoms with E-state index in [9.17, 15) is 4.79 Å². The van der Waals surface area contributed by atoms with Crippen molar-refractivity contribution in [3.8, 4) is 0 Å². The van der Waals surface area contributed by atoms with E-state index in [0.29, 0.717) is 39.3 Å². The van der Waals surface area contributed by atoms with Crippen LogP contribution in [0.2, 0.25) is 0 Å². The Morgan fingerprint density at radius 3 is 2.88 bits per heavy atom. The first kappa shape index (κ1) is 16.7. The van der Waals surface area contributed by atoms with E-state index in [1.54, 1.807) is 10.6 Å². The molecule has 0 fully saturated rings. The van der Waals surface area contributed by atoms with Crippen LogP contribution in [0.1, 0.15) is 5.82 Å². The van der Waals surface area contributed by atoms with E-state index in [1.807, 2.05) is 35.7 Å². The van der Waals surface area contributed by atoms with Gasteiger partial charge in [0.15, 0.2) is 5.16 Å². The highest BCUT2D eigenvalue weighted by molar-refractivity contribution is 7.98. The summed E-state index contributed by atoms with van der Waals surface area (Å²) in [6.07, 6.45) is 1.69. The van der Waals surface area contributed by atoms with Crippen molar-refractivity contribution in [1.82, 2.24) is 19.5 Å². The molecule has 0 spiro atoms. The van der Waals surface area contributed by atoms with Crippen LogP contribution < -0.4 is 11.3 Å². The Balaban J connectivity index is 1.70. The second-order valence-corrected chi connectivity index (χ2v) is 7.42. The number of para-hydroxylation sites is 1. The molecule has 2 N–H and O–H groups in total. The van der Waals surface area contributed by atoms with Gasteiger partial charge in [0.25, 0.3) is 5.56 Å². The average molecular weight is 381 g/mol. The molecule has 3 heterocycles. The Hall–Kier alpha value is -2.71. The molecule has 0 saturated carbocycles. The first-order valence-corrected chi connectivity index (χ1v) is 9.77. The minimum Gasteiger partial charge on any atom is -0.383 e. The molecular formula is C18H15N5OS2. The van der Waals surface area contributed by atoms with Crippen molar-refractivity contribution in [3.05, 3.63) is 64.5 Å². The Kier molecular flexibility index (Phi) is 4.44. The lowest BCUT2D eigenvalue weighted by molar-refractivity contribution is 0.672. The molecule has 0 aliphatic rings. The summed E-state index contributed by atoms with van der Waals surface area (Å²) >= 11 is 2.82. The average Bonchev–Trinajstić information content (AvgIpc) is 3.11. The molecule has 0 bridgehead atoms. The molecule has 0 aliphatic carbocycles. The molecule has 4 aromatic rings. The van der Waals surface area contributed by atoms with E-state index < -0.39 is 0 Å². The van der Waals surface area contributed by atoms with Crippen molar-refractivity contribution < 1.29 is 0 Å². The van der Waals surface area contributed by atoms with E-state index in [4.69, 9.17) is 5.73 Å². The number of nitrogens with two attached hydrogens (primary N) is 1. The summed E-state index contributed by atoms with van der Waals surface area (Å²) in [5, 5.41) is 3.33. The predicted octanol–water partition coefficient (Wildman–Crippen LogP) is 3.46. The Labute approximate surface area is 157 Å². The van der Waals surface area contributed by atoms with Crippen LogP contribution in [-0.4, -0.2) is 19.5 Å². The van der Waals surface area contributed by atoms with Crippen molar-refractivity contribution in [2.75, 3.05) is 5.73 Å². The van der Waals surface area contributed by atoms with Crippen LogP contribution >= 0.6 is 23.1 Å². The van der Waals surface area contributed by atoms with Crippen LogP contribution in [0.4, 0.5) is 5.82 Å². The van der Waals surface area contributed by atoms with Gasteiger partial charge >= 0.3 is 0 Å². The van der Waals surface area contributed by atoms with Crippen LogP contribution in [0.5, 0.6) is 0 Å². The lowest BCUT2D eigenvalue weighted by atomic mass is 10.2. The summed E-state index contributed by atoms with van der Waals surface area (Å²) < 4.78 is 2.28. The quantitative estimate of drug-likeness (QED) is 0.324. The topological polar surface area (TPSA) is 86.7 Å². The van der Waals surface area contributed by atoms with Gasteiger partial charge in [-0.15, -0.1) is 17.9 Å². The highest BCUT2D eigenvalue weighted by Gasteiger charge is 2.13. The number of nitrogen functional groups attached to an aromatic ring is 1.